The molecule has 0 aromatic heterocycles. The lowest BCUT2D eigenvalue weighted by Crippen LogP contribution is -2.52. The number of hydrogen-bond donors (Lipinski definition) is 2. The van der Waals surface area contributed by atoms with Gasteiger partial charge in [-0.25, -0.2) is 0 Å². The van der Waals surface area contributed by atoms with E-state index in [1.165, 1.54) is 0 Å². The van der Waals surface area contributed by atoms with Crippen molar-refractivity contribution in [1.29, 1.82) is 0 Å². The fourth-order valence-corrected chi connectivity index (χ4v) is 2.29. The fraction of sp³-hybridized carbons (Fsp3) is 0.929. The second-order valence-corrected chi connectivity index (χ2v) is 5.30. The third-order valence-electron chi connectivity index (χ3n) is 3.53. The van der Waals surface area contributed by atoms with Crippen LogP contribution in [0.1, 0.15) is 46.0 Å². The van der Waals surface area contributed by atoms with Crippen LogP contribution in [0.3, 0.4) is 0 Å². The van der Waals surface area contributed by atoms with Gasteiger partial charge in [-0.2, -0.15) is 0 Å². The first-order valence-corrected chi connectivity index (χ1v) is 7.37. The Morgan fingerprint density at radius 1 is 1.53 bits per heavy atom. The van der Waals surface area contributed by atoms with Crippen LogP contribution in [-0.2, 0) is 14.3 Å². The number of carbonyl (C=O) groups excluding carboxylic acids is 1. The van der Waals surface area contributed by atoms with E-state index in [0.29, 0.717) is 19.7 Å². The second kappa shape index (κ2) is 8.51. The normalized spacial score (nSPS) is 25.0. The summed E-state index contributed by atoms with van der Waals surface area (Å²) in [7, 11) is 0. The zero-order valence-corrected chi connectivity index (χ0v) is 12.2. The number of carbonyl (C=O) groups is 1. The van der Waals surface area contributed by atoms with Gasteiger partial charge in [0.2, 0.25) is 5.91 Å². The molecule has 0 radical (unpaired) electrons. The first-order chi connectivity index (χ1) is 9.13. The highest BCUT2D eigenvalue weighted by atomic mass is 16.6. The van der Waals surface area contributed by atoms with E-state index in [9.17, 15) is 4.79 Å². The van der Waals surface area contributed by atoms with E-state index in [2.05, 4.69) is 12.2 Å². The Balaban J connectivity index is 2.34. The molecule has 1 aliphatic rings. The molecule has 0 spiro atoms. The molecule has 0 saturated carbocycles. The molecular formula is C14H28N2O3. The van der Waals surface area contributed by atoms with E-state index in [0.717, 1.165) is 38.7 Å². The topological polar surface area (TPSA) is 73.6 Å². The Morgan fingerprint density at radius 3 is 2.89 bits per heavy atom. The summed E-state index contributed by atoms with van der Waals surface area (Å²) in [6.07, 6.45) is 4.61. The van der Waals surface area contributed by atoms with Crippen LogP contribution >= 0.6 is 0 Å². The average Bonchev–Trinajstić information content (AvgIpc) is 2.44. The van der Waals surface area contributed by atoms with Crippen LogP contribution < -0.4 is 11.1 Å². The van der Waals surface area contributed by atoms with Gasteiger partial charge in [0.25, 0.3) is 0 Å². The van der Waals surface area contributed by atoms with E-state index >= 15 is 0 Å². The molecular weight excluding hydrogens is 244 g/mol. The van der Waals surface area contributed by atoms with E-state index in [-0.39, 0.29) is 5.91 Å². The van der Waals surface area contributed by atoms with Gasteiger partial charge in [-0.05, 0) is 26.2 Å². The van der Waals surface area contributed by atoms with Crippen LogP contribution in [0.5, 0.6) is 0 Å². The van der Waals surface area contributed by atoms with Crippen molar-refractivity contribution in [2.24, 2.45) is 5.73 Å². The number of unbranched alkanes of at least 4 members (excludes halogenated alkanes) is 2. The maximum Gasteiger partial charge on any atom is 0.248 e. The molecule has 1 amide bonds. The molecule has 2 unspecified atom stereocenters. The quantitative estimate of drug-likeness (QED) is 0.651. The summed E-state index contributed by atoms with van der Waals surface area (Å²) < 4.78 is 11.3. The van der Waals surface area contributed by atoms with Gasteiger partial charge in [0.1, 0.15) is 11.7 Å². The van der Waals surface area contributed by atoms with Crippen molar-refractivity contribution in [2.75, 3.05) is 26.3 Å². The number of hydrogen-bond acceptors (Lipinski definition) is 4. The van der Waals surface area contributed by atoms with Gasteiger partial charge in [-0.1, -0.05) is 19.8 Å². The number of amides is 1. The Morgan fingerprint density at radius 2 is 2.32 bits per heavy atom. The van der Waals surface area contributed by atoms with Gasteiger partial charge >= 0.3 is 0 Å². The maximum atomic E-state index is 11.9. The lowest BCUT2D eigenvalue weighted by molar-refractivity contribution is -0.165. The van der Waals surface area contributed by atoms with Gasteiger partial charge < -0.3 is 20.5 Å². The molecule has 0 aromatic rings. The largest absolute Gasteiger partial charge is 0.378 e. The van der Waals surface area contributed by atoms with Crippen molar-refractivity contribution in [2.45, 2.75) is 57.7 Å². The summed E-state index contributed by atoms with van der Waals surface area (Å²) in [6.45, 7) is 6.26. The number of nitrogens with two attached hydrogens (primary N) is 1. The average molecular weight is 272 g/mol. The highest BCUT2D eigenvalue weighted by Gasteiger charge is 2.35. The van der Waals surface area contributed by atoms with Gasteiger partial charge in [-0.15, -0.1) is 0 Å². The van der Waals surface area contributed by atoms with Crippen LogP contribution in [0.4, 0.5) is 0 Å². The summed E-state index contributed by atoms with van der Waals surface area (Å²) in [5, 5.41) is 2.90. The molecule has 5 nitrogen and oxygen atoms in total. The molecule has 1 rings (SSSR count). The molecule has 2 atom stereocenters. The van der Waals surface area contributed by atoms with Crippen LogP contribution in [0.2, 0.25) is 0 Å². The maximum absolute atomic E-state index is 11.9. The van der Waals surface area contributed by atoms with Gasteiger partial charge in [0.15, 0.2) is 0 Å². The minimum Gasteiger partial charge on any atom is -0.378 e. The monoisotopic (exact) mass is 272 g/mol. The van der Waals surface area contributed by atoms with Crippen LogP contribution in [0.25, 0.3) is 0 Å². The molecule has 1 heterocycles. The van der Waals surface area contributed by atoms with Crippen LogP contribution in [0.15, 0.2) is 0 Å². The summed E-state index contributed by atoms with van der Waals surface area (Å²) in [5.74, 6) is -0.0606. The standard InChI is InChI=1S/C14H28N2O3/c1-3-4-5-8-16-13(17)12(2)19-14(10-15)7-6-9-18-11-14/h12H,3-11,15H2,1-2H3,(H,16,17). The highest BCUT2D eigenvalue weighted by molar-refractivity contribution is 5.80. The minimum atomic E-state index is -0.488. The molecule has 1 aliphatic heterocycles. The number of nitrogens with one attached hydrogen (secondary N) is 1. The third kappa shape index (κ3) is 5.47. The van der Waals surface area contributed by atoms with Crippen molar-refractivity contribution >= 4 is 5.91 Å². The zero-order valence-electron chi connectivity index (χ0n) is 12.2. The Hall–Kier alpha value is -0.650. The molecule has 112 valence electrons. The lowest BCUT2D eigenvalue weighted by Gasteiger charge is -2.37. The van der Waals surface area contributed by atoms with Crippen LogP contribution in [0, 0.1) is 0 Å². The molecule has 1 saturated heterocycles. The molecule has 0 bridgehead atoms. The van der Waals surface area contributed by atoms with Crippen molar-refractivity contribution in [3.8, 4) is 0 Å². The zero-order chi connectivity index (χ0) is 14.1. The smallest absolute Gasteiger partial charge is 0.248 e. The molecule has 0 aliphatic carbocycles. The molecule has 1 fully saturated rings. The third-order valence-corrected chi connectivity index (χ3v) is 3.53. The van der Waals surface area contributed by atoms with Crippen molar-refractivity contribution in [1.82, 2.24) is 5.32 Å². The van der Waals surface area contributed by atoms with Crippen molar-refractivity contribution in [3.63, 3.8) is 0 Å². The highest BCUT2D eigenvalue weighted by Crippen LogP contribution is 2.24. The fourth-order valence-electron chi connectivity index (χ4n) is 2.29. The van der Waals surface area contributed by atoms with E-state index in [1.54, 1.807) is 6.92 Å². The van der Waals surface area contributed by atoms with E-state index < -0.39 is 11.7 Å². The first-order valence-electron chi connectivity index (χ1n) is 7.37. The Bertz CT molecular complexity index is 265. The summed E-state index contributed by atoms with van der Waals surface area (Å²) in [5.41, 5.74) is 5.30. The predicted octanol–water partition coefficient (Wildman–Crippen LogP) is 1.21. The van der Waals surface area contributed by atoms with Crippen molar-refractivity contribution in [3.05, 3.63) is 0 Å². The lowest BCUT2D eigenvalue weighted by atomic mass is 9.96. The summed E-state index contributed by atoms with van der Waals surface area (Å²) in [4.78, 5) is 11.9. The predicted molar refractivity (Wildman–Crippen MR) is 74.9 cm³/mol. The minimum absolute atomic E-state index is 0.0606. The van der Waals surface area contributed by atoms with Crippen molar-refractivity contribution < 1.29 is 14.3 Å². The number of ether oxygens (including phenoxy) is 2. The molecule has 3 N–H and O–H groups in total. The molecule has 19 heavy (non-hydrogen) atoms. The SMILES string of the molecule is CCCCCNC(=O)C(C)OC1(CN)CCCOC1. The summed E-state index contributed by atoms with van der Waals surface area (Å²) in [6, 6.07) is 0. The second-order valence-electron chi connectivity index (χ2n) is 5.30. The van der Waals surface area contributed by atoms with Crippen LogP contribution in [-0.4, -0.2) is 43.9 Å². The van der Waals surface area contributed by atoms with Gasteiger partial charge in [0.05, 0.1) is 6.61 Å². The first kappa shape index (κ1) is 16.4. The Labute approximate surface area is 116 Å². The Kier molecular flexibility index (Phi) is 7.34. The van der Waals surface area contributed by atoms with E-state index in [1.807, 2.05) is 0 Å². The van der Waals surface area contributed by atoms with Gasteiger partial charge in [0, 0.05) is 19.7 Å². The number of rotatable bonds is 8. The summed E-state index contributed by atoms with van der Waals surface area (Å²) >= 11 is 0. The molecule has 5 heteroatoms. The van der Waals surface area contributed by atoms with Gasteiger partial charge in [-0.3, -0.25) is 4.79 Å². The molecule has 0 aromatic carbocycles. The van der Waals surface area contributed by atoms with E-state index in [4.69, 9.17) is 15.2 Å².